The zero-order chi connectivity index (χ0) is 22.4. The maximum atomic E-state index is 12.1. The number of hydrogen-bond acceptors (Lipinski definition) is 9. The van der Waals surface area contributed by atoms with Gasteiger partial charge in [-0.25, -0.2) is 9.97 Å². The van der Waals surface area contributed by atoms with E-state index in [1.165, 1.54) is 11.2 Å². The summed E-state index contributed by atoms with van der Waals surface area (Å²) in [4.78, 5) is 35.0. The number of carbonyl (C=O) groups is 1. The Labute approximate surface area is 172 Å². The van der Waals surface area contributed by atoms with Crippen LogP contribution >= 0.6 is 0 Å². The second-order valence-corrected chi connectivity index (χ2v) is 8.45. The van der Waals surface area contributed by atoms with E-state index in [0.29, 0.717) is 25.2 Å². The minimum atomic E-state index is -0.638. The van der Waals surface area contributed by atoms with Crippen LogP contribution in [0.3, 0.4) is 0 Å². The number of likely N-dealkylation sites (N-methyl/N-ethyl adjacent to an activating group) is 1. The van der Waals surface area contributed by atoms with Crippen molar-refractivity contribution in [3.05, 3.63) is 16.4 Å². The molecule has 0 saturated carbocycles. The van der Waals surface area contributed by atoms with E-state index in [1.54, 1.807) is 27.8 Å². The first-order valence-corrected chi connectivity index (χ1v) is 9.75. The van der Waals surface area contributed by atoms with E-state index in [-0.39, 0.29) is 23.9 Å². The Morgan fingerprint density at radius 1 is 1.24 bits per heavy atom. The highest BCUT2D eigenvalue weighted by Gasteiger charge is 2.27. The molecule has 0 atom stereocenters. The van der Waals surface area contributed by atoms with E-state index in [2.05, 4.69) is 47.9 Å². The summed E-state index contributed by atoms with van der Waals surface area (Å²) < 4.78 is 5.28. The molecule has 0 spiro atoms. The van der Waals surface area contributed by atoms with Crippen molar-refractivity contribution in [3.8, 4) is 0 Å². The molecule has 0 aromatic carbocycles. The third-order valence-corrected chi connectivity index (χ3v) is 4.12. The lowest BCUT2D eigenvalue weighted by Crippen LogP contribution is -2.40. The summed E-state index contributed by atoms with van der Waals surface area (Å²) in [5.41, 5.74) is -0.903. The van der Waals surface area contributed by atoms with Crippen molar-refractivity contribution < 1.29 is 14.5 Å². The van der Waals surface area contributed by atoms with Gasteiger partial charge < -0.3 is 15.0 Å². The van der Waals surface area contributed by atoms with Gasteiger partial charge in [0.15, 0.2) is 0 Å². The first kappa shape index (κ1) is 24.5. The van der Waals surface area contributed by atoms with Crippen molar-refractivity contribution in [2.45, 2.75) is 66.2 Å². The highest BCUT2D eigenvalue weighted by Crippen LogP contribution is 2.31. The number of ether oxygens (including phenoxy) is 1. The number of rotatable bonds is 10. The molecule has 10 heteroatoms. The second kappa shape index (κ2) is 10.3. The molecule has 0 radical (unpaired) electrons. The van der Waals surface area contributed by atoms with Crippen molar-refractivity contribution in [1.29, 1.82) is 0 Å². The number of hydrogen-bond donors (Lipinski definition) is 1. The van der Waals surface area contributed by atoms with Gasteiger partial charge in [-0.3, -0.25) is 19.8 Å². The predicted octanol–water partition coefficient (Wildman–Crippen LogP) is 2.69. The highest BCUT2D eigenvalue weighted by molar-refractivity contribution is 5.78. The van der Waals surface area contributed by atoms with E-state index in [0.717, 1.165) is 0 Å². The van der Waals surface area contributed by atoms with Gasteiger partial charge in [-0.05, 0) is 48.5 Å². The Kier molecular flexibility index (Phi) is 8.75. The summed E-state index contributed by atoms with van der Waals surface area (Å²) >= 11 is 0. The number of carbonyl (C=O) groups excluding carboxylic acids is 1. The van der Waals surface area contributed by atoms with Gasteiger partial charge in [-0.1, -0.05) is 0 Å². The molecule has 0 bridgehead atoms. The number of nitrogens with one attached hydrogen (secondary N) is 1. The molecule has 0 aliphatic rings. The fraction of sp³-hybridized carbons (Fsp3) is 0.737. The Hall–Kier alpha value is -2.49. The van der Waals surface area contributed by atoms with Crippen molar-refractivity contribution in [3.63, 3.8) is 0 Å². The SMILES string of the molecule is CC(C)N(CCNc1ncnc(N(C)CC(=O)OC(C)(C)C)c1[N+](=O)[O-])C(C)C. The second-order valence-electron chi connectivity index (χ2n) is 8.45. The third kappa shape index (κ3) is 7.80. The Morgan fingerprint density at radius 2 is 1.83 bits per heavy atom. The molecule has 164 valence electrons. The lowest BCUT2D eigenvalue weighted by Gasteiger charge is -2.30. The molecular formula is C19H34N6O4. The van der Waals surface area contributed by atoms with E-state index in [1.807, 2.05) is 0 Å². The molecular weight excluding hydrogens is 376 g/mol. The Morgan fingerprint density at radius 3 is 2.31 bits per heavy atom. The molecule has 0 fully saturated rings. The minimum Gasteiger partial charge on any atom is -0.459 e. The lowest BCUT2D eigenvalue weighted by molar-refractivity contribution is -0.383. The largest absolute Gasteiger partial charge is 0.459 e. The van der Waals surface area contributed by atoms with Crippen LogP contribution in [0.4, 0.5) is 17.3 Å². The zero-order valence-electron chi connectivity index (χ0n) is 18.7. The summed E-state index contributed by atoms with van der Waals surface area (Å²) in [7, 11) is 1.56. The number of aromatic nitrogens is 2. The minimum absolute atomic E-state index is 0.0583. The third-order valence-electron chi connectivity index (χ3n) is 4.12. The number of anilines is 2. The van der Waals surface area contributed by atoms with E-state index in [4.69, 9.17) is 4.74 Å². The van der Waals surface area contributed by atoms with Gasteiger partial charge in [-0.15, -0.1) is 0 Å². The maximum absolute atomic E-state index is 12.1. The monoisotopic (exact) mass is 410 g/mol. The van der Waals surface area contributed by atoms with Crippen LogP contribution in [0.5, 0.6) is 0 Å². The van der Waals surface area contributed by atoms with E-state index < -0.39 is 16.5 Å². The highest BCUT2D eigenvalue weighted by atomic mass is 16.6. The first-order valence-electron chi connectivity index (χ1n) is 9.75. The van der Waals surface area contributed by atoms with Crippen LogP contribution in [0.25, 0.3) is 0 Å². The van der Waals surface area contributed by atoms with Crippen LogP contribution in [-0.4, -0.2) is 70.1 Å². The maximum Gasteiger partial charge on any atom is 0.353 e. The number of nitro groups is 1. The molecule has 0 saturated heterocycles. The van der Waals surface area contributed by atoms with Crippen molar-refractivity contribution in [1.82, 2.24) is 14.9 Å². The first-order chi connectivity index (χ1) is 13.3. The molecule has 1 aromatic rings. The fourth-order valence-electron chi connectivity index (χ4n) is 3.00. The molecule has 0 unspecified atom stereocenters. The number of esters is 1. The normalized spacial score (nSPS) is 11.8. The molecule has 1 heterocycles. The smallest absolute Gasteiger partial charge is 0.353 e. The van der Waals surface area contributed by atoms with Crippen LogP contribution in [0, 0.1) is 10.1 Å². The van der Waals surface area contributed by atoms with Crippen LogP contribution in [0.15, 0.2) is 6.33 Å². The summed E-state index contributed by atoms with van der Waals surface area (Å²) in [6, 6.07) is 0.709. The molecule has 0 aliphatic heterocycles. The van der Waals surface area contributed by atoms with Crippen LogP contribution < -0.4 is 10.2 Å². The molecule has 0 amide bonds. The average molecular weight is 411 g/mol. The molecule has 29 heavy (non-hydrogen) atoms. The standard InChI is InChI=1S/C19H34N6O4/c1-13(2)24(14(3)4)10-9-20-17-16(25(27)28)18(22-12-21-17)23(8)11-15(26)29-19(5,6)7/h12-14H,9-11H2,1-8H3,(H,20,21,22). The molecule has 1 aromatic heterocycles. The van der Waals surface area contributed by atoms with E-state index >= 15 is 0 Å². The summed E-state index contributed by atoms with van der Waals surface area (Å²) in [6.07, 6.45) is 1.25. The van der Waals surface area contributed by atoms with Gasteiger partial charge in [0.2, 0.25) is 11.6 Å². The van der Waals surface area contributed by atoms with Gasteiger partial charge in [-0.2, -0.15) is 0 Å². The Balaban J connectivity index is 2.97. The van der Waals surface area contributed by atoms with Gasteiger partial charge in [0.25, 0.3) is 0 Å². The summed E-state index contributed by atoms with van der Waals surface area (Å²) in [6.45, 7) is 14.8. The van der Waals surface area contributed by atoms with Crippen molar-refractivity contribution in [2.24, 2.45) is 0 Å². The molecule has 1 rings (SSSR count). The Bertz CT molecular complexity index is 694. The van der Waals surface area contributed by atoms with Crippen molar-refractivity contribution >= 4 is 23.3 Å². The van der Waals surface area contributed by atoms with Crippen molar-refractivity contribution in [2.75, 3.05) is 36.9 Å². The van der Waals surface area contributed by atoms with Gasteiger partial charge in [0.05, 0.1) is 4.92 Å². The van der Waals surface area contributed by atoms with Crippen LogP contribution in [0.1, 0.15) is 48.5 Å². The lowest BCUT2D eigenvalue weighted by atomic mass is 10.2. The van der Waals surface area contributed by atoms with Gasteiger partial charge in [0.1, 0.15) is 18.5 Å². The topological polar surface area (TPSA) is 114 Å². The van der Waals surface area contributed by atoms with Gasteiger partial charge in [0, 0.05) is 32.2 Å². The fourth-order valence-corrected chi connectivity index (χ4v) is 3.00. The molecule has 10 nitrogen and oxygen atoms in total. The van der Waals surface area contributed by atoms with Gasteiger partial charge >= 0.3 is 11.7 Å². The van der Waals surface area contributed by atoms with E-state index in [9.17, 15) is 14.9 Å². The zero-order valence-corrected chi connectivity index (χ0v) is 18.7. The summed E-state index contributed by atoms with van der Waals surface area (Å²) in [5, 5.41) is 14.8. The van der Waals surface area contributed by atoms with Crippen LogP contribution in [0.2, 0.25) is 0 Å². The average Bonchev–Trinajstić information content (AvgIpc) is 2.55. The number of nitrogens with zero attached hydrogens (tertiary/aromatic N) is 5. The van der Waals surface area contributed by atoms with Crippen LogP contribution in [-0.2, 0) is 9.53 Å². The predicted molar refractivity (Wildman–Crippen MR) is 113 cm³/mol. The molecule has 0 aliphatic carbocycles. The quantitative estimate of drug-likeness (QED) is 0.353. The molecule has 1 N–H and O–H groups in total. The summed E-state index contributed by atoms with van der Waals surface area (Å²) in [5.74, 6) is -0.307.